The molecule has 0 radical (unpaired) electrons. The van der Waals surface area contributed by atoms with Crippen molar-refractivity contribution < 1.29 is 4.79 Å². The van der Waals surface area contributed by atoms with E-state index < -0.39 is 0 Å². The summed E-state index contributed by atoms with van der Waals surface area (Å²) in [5, 5.41) is 3.33. The van der Waals surface area contributed by atoms with Crippen LogP contribution in [0.3, 0.4) is 0 Å². The fourth-order valence-electron chi connectivity index (χ4n) is 3.00. The van der Waals surface area contributed by atoms with Crippen LogP contribution in [-0.2, 0) is 4.79 Å². The van der Waals surface area contributed by atoms with E-state index in [0.717, 1.165) is 18.4 Å². The summed E-state index contributed by atoms with van der Waals surface area (Å²) in [5.74, 6) is 0.797. The highest BCUT2D eigenvalue weighted by Gasteiger charge is 2.36. The molecule has 0 bridgehead atoms. The van der Waals surface area contributed by atoms with Gasteiger partial charge in [0.1, 0.15) is 6.04 Å². The fourth-order valence-corrected chi connectivity index (χ4v) is 3.00. The van der Waals surface area contributed by atoms with Crippen molar-refractivity contribution in [1.29, 1.82) is 0 Å². The van der Waals surface area contributed by atoms with Gasteiger partial charge in [0.15, 0.2) is 0 Å². The number of carbonyl (C=O) groups excluding carboxylic acids is 1. The van der Waals surface area contributed by atoms with Gasteiger partial charge < -0.3 is 4.90 Å². The minimum absolute atomic E-state index is 0.169. The molecule has 2 unspecified atom stereocenters. The van der Waals surface area contributed by atoms with Crippen molar-refractivity contribution in [3.8, 4) is 0 Å². The SMILES string of the molecule is CCC(CC)C(C)N1CNC(c2ccccc2)C1=O. The van der Waals surface area contributed by atoms with Crippen molar-refractivity contribution >= 4 is 5.91 Å². The zero-order chi connectivity index (χ0) is 13.8. The number of rotatable bonds is 5. The van der Waals surface area contributed by atoms with Gasteiger partial charge in [-0.3, -0.25) is 10.1 Å². The highest BCUT2D eigenvalue weighted by atomic mass is 16.2. The van der Waals surface area contributed by atoms with E-state index in [1.165, 1.54) is 0 Å². The molecule has 1 aromatic rings. The minimum Gasteiger partial charge on any atom is -0.325 e. The van der Waals surface area contributed by atoms with E-state index in [2.05, 4.69) is 26.1 Å². The van der Waals surface area contributed by atoms with Crippen LogP contribution < -0.4 is 5.32 Å². The molecular weight excluding hydrogens is 236 g/mol. The Balaban J connectivity index is 2.10. The second-order valence-corrected chi connectivity index (χ2v) is 5.33. The molecule has 1 heterocycles. The van der Waals surface area contributed by atoms with Gasteiger partial charge in [0.05, 0.1) is 6.67 Å². The Kier molecular flexibility index (Phi) is 4.59. The Labute approximate surface area is 116 Å². The first-order chi connectivity index (χ1) is 9.19. The Hall–Kier alpha value is -1.35. The lowest BCUT2D eigenvalue weighted by atomic mass is 9.94. The molecule has 2 atom stereocenters. The van der Waals surface area contributed by atoms with Crippen LogP contribution in [0.15, 0.2) is 30.3 Å². The molecule has 1 aromatic carbocycles. The molecule has 3 heteroatoms. The lowest BCUT2D eigenvalue weighted by Gasteiger charge is -2.30. The summed E-state index contributed by atoms with van der Waals surface area (Å²) >= 11 is 0. The lowest BCUT2D eigenvalue weighted by molar-refractivity contribution is -0.131. The van der Waals surface area contributed by atoms with Crippen molar-refractivity contribution in [3.05, 3.63) is 35.9 Å². The van der Waals surface area contributed by atoms with Crippen LogP contribution in [0.2, 0.25) is 0 Å². The summed E-state index contributed by atoms with van der Waals surface area (Å²) in [6, 6.07) is 10.1. The van der Waals surface area contributed by atoms with Gasteiger partial charge in [-0.15, -0.1) is 0 Å². The van der Waals surface area contributed by atoms with Crippen molar-refractivity contribution in [2.45, 2.75) is 45.7 Å². The molecule has 1 aliphatic heterocycles. The van der Waals surface area contributed by atoms with Crippen LogP contribution in [0.5, 0.6) is 0 Å². The monoisotopic (exact) mass is 260 g/mol. The highest BCUT2D eigenvalue weighted by molar-refractivity contribution is 5.85. The third-order valence-corrected chi connectivity index (χ3v) is 4.35. The number of hydrogen-bond acceptors (Lipinski definition) is 2. The van der Waals surface area contributed by atoms with Crippen LogP contribution in [0.4, 0.5) is 0 Å². The normalized spacial score (nSPS) is 21.2. The summed E-state index contributed by atoms with van der Waals surface area (Å²) in [6.07, 6.45) is 2.24. The van der Waals surface area contributed by atoms with E-state index in [9.17, 15) is 4.79 Å². The summed E-state index contributed by atoms with van der Waals surface area (Å²) in [5.41, 5.74) is 1.06. The third kappa shape index (κ3) is 2.81. The van der Waals surface area contributed by atoms with E-state index in [1.807, 2.05) is 35.2 Å². The third-order valence-electron chi connectivity index (χ3n) is 4.35. The van der Waals surface area contributed by atoms with E-state index in [1.54, 1.807) is 0 Å². The van der Waals surface area contributed by atoms with Gasteiger partial charge >= 0.3 is 0 Å². The van der Waals surface area contributed by atoms with Crippen LogP contribution in [0.1, 0.15) is 45.2 Å². The molecule has 19 heavy (non-hydrogen) atoms. The lowest BCUT2D eigenvalue weighted by Crippen LogP contribution is -2.40. The quantitative estimate of drug-likeness (QED) is 0.883. The van der Waals surface area contributed by atoms with Crippen molar-refractivity contribution in [2.75, 3.05) is 6.67 Å². The molecule has 1 saturated heterocycles. The van der Waals surface area contributed by atoms with Gasteiger partial charge in [0.25, 0.3) is 0 Å². The predicted octanol–water partition coefficient (Wildman–Crippen LogP) is 2.94. The maximum atomic E-state index is 12.5. The Morgan fingerprint density at radius 1 is 1.26 bits per heavy atom. The van der Waals surface area contributed by atoms with Gasteiger partial charge in [-0.05, 0) is 18.4 Å². The minimum atomic E-state index is -0.169. The second-order valence-electron chi connectivity index (χ2n) is 5.33. The molecule has 104 valence electrons. The Morgan fingerprint density at radius 3 is 2.47 bits per heavy atom. The van der Waals surface area contributed by atoms with E-state index >= 15 is 0 Å². The fraction of sp³-hybridized carbons (Fsp3) is 0.562. The molecule has 0 saturated carbocycles. The summed E-state index contributed by atoms with van der Waals surface area (Å²) in [4.78, 5) is 14.5. The zero-order valence-corrected chi connectivity index (χ0v) is 12.1. The van der Waals surface area contributed by atoms with E-state index in [4.69, 9.17) is 0 Å². The molecule has 1 fully saturated rings. The number of nitrogens with one attached hydrogen (secondary N) is 1. The standard InChI is InChI=1S/C16H24N2O/c1-4-13(5-2)12(3)18-11-17-15(16(18)19)14-9-7-6-8-10-14/h6-10,12-13,15,17H,4-5,11H2,1-3H3. The zero-order valence-electron chi connectivity index (χ0n) is 12.1. The maximum Gasteiger partial charge on any atom is 0.245 e. The van der Waals surface area contributed by atoms with Crippen molar-refractivity contribution in [1.82, 2.24) is 10.2 Å². The predicted molar refractivity (Wildman–Crippen MR) is 77.6 cm³/mol. The first-order valence-corrected chi connectivity index (χ1v) is 7.27. The first kappa shape index (κ1) is 14.1. The Morgan fingerprint density at radius 2 is 1.89 bits per heavy atom. The average molecular weight is 260 g/mol. The molecule has 1 aliphatic rings. The molecular formula is C16H24N2O. The van der Waals surface area contributed by atoms with Crippen molar-refractivity contribution in [3.63, 3.8) is 0 Å². The summed E-state index contributed by atoms with van der Waals surface area (Å²) in [6.45, 7) is 7.24. The topological polar surface area (TPSA) is 32.3 Å². The number of benzene rings is 1. The second kappa shape index (κ2) is 6.20. The van der Waals surface area contributed by atoms with E-state index in [-0.39, 0.29) is 11.9 Å². The molecule has 0 spiro atoms. The van der Waals surface area contributed by atoms with Crippen molar-refractivity contribution in [2.24, 2.45) is 5.92 Å². The van der Waals surface area contributed by atoms with Crippen LogP contribution in [0.25, 0.3) is 0 Å². The molecule has 0 aromatic heterocycles. The average Bonchev–Trinajstić information content (AvgIpc) is 2.83. The number of nitrogens with zero attached hydrogens (tertiary/aromatic N) is 1. The van der Waals surface area contributed by atoms with Crippen LogP contribution >= 0.6 is 0 Å². The van der Waals surface area contributed by atoms with Crippen LogP contribution in [-0.4, -0.2) is 23.5 Å². The number of hydrogen-bond donors (Lipinski definition) is 1. The molecule has 2 rings (SSSR count). The molecule has 1 N–H and O–H groups in total. The maximum absolute atomic E-state index is 12.5. The Bertz CT molecular complexity index is 414. The number of carbonyl (C=O) groups is 1. The first-order valence-electron chi connectivity index (χ1n) is 7.27. The highest BCUT2D eigenvalue weighted by Crippen LogP contribution is 2.26. The van der Waals surface area contributed by atoms with Gasteiger partial charge in [-0.1, -0.05) is 57.0 Å². The molecule has 0 aliphatic carbocycles. The van der Waals surface area contributed by atoms with Gasteiger partial charge in [0.2, 0.25) is 5.91 Å². The number of amides is 1. The largest absolute Gasteiger partial charge is 0.325 e. The molecule has 1 amide bonds. The molecule has 3 nitrogen and oxygen atoms in total. The summed E-state index contributed by atoms with van der Waals surface area (Å²) < 4.78 is 0. The van der Waals surface area contributed by atoms with Crippen LogP contribution in [0, 0.1) is 5.92 Å². The van der Waals surface area contributed by atoms with Gasteiger partial charge in [0, 0.05) is 6.04 Å². The summed E-state index contributed by atoms with van der Waals surface area (Å²) in [7, 11) is 0. The van der Waals surface area contributed by atoms with E-state index in [0.29, 0.717) is 18.6 Å². The van der Waals surface area contributed by atoms with Gasteiger partial charge in [-0.25, -0.2) is 0 Å². The smallest absolute Gasteiger partial charge is 0.245 e. The van der Waals surface area contributed by atoms with Gasteiger partial charge in [-0.2, -0.15) is 0 Å².